The van der Waals surface area contributed by atoms with E-state index in [4.69, 9.17) is 0 Å². The van der Waals surface area contributed by atoms with Gasteiger partial charge in [0.05, 0.1) is 17.2 Å². The minimum Gasteiger partial charge on any atom is -0.303 e. The molecule has 1 saturated heterocycles. The summed E-state index contributed by atoms with van der Waals surface area (Å²) in [6, 6.07) is 5.88. The lowest BCUT2D eigenvalue weighted by Crippen LogP contribution is -2.33. The number of benzene rings is 1. The fourth-order valence-electron chi connectivity index (χ4n) is 3.80. The number of aromatic nitrogens is 2. The first-order chi connectivity index (χ1) is 10.7. The highest BCUT2D eigenvalue weighted by atomic mass is 16.1. The van der Waals surface area contributed by atoms with Crippen LogP contribution >= 0.6 is 0 Å². The van der Waals surface area contributed by atoms with Gasteiger partial charge in [-0.3, -0.25) is 9.36 Å². The molecule has 4 nitrogen and oxygen atoms in total. The van der Waals surface area contributed by atoms with Crippen LogP contribution in [-0.2, 0) is 6.54 Å². The quantitative estimate of drug-likeness (QED) is 0.870. The smallest absolute Gasteiger partial charge is 0.261 e. The highest BCUT2D eigenvalue weighted by molar-refractivity contribution is 5.80. The third-order valence-electron chi connectivity index (χ3n) is 5.28. The molecule has 22 heavy (non-hydrogen) atoms. The number of hydrogen-bond acceptors (Lipinski definition) is 3. The van der Waals surface area contributed by atoms with Crippen molar-refractivity contribution >= 4 is 10.9 Å². The van der Waals surface area contributed by atoms with Gasteiger partial charge in [-0.25, -0.2) is 4.98 Å². The molecule has 2 fully saturated rings. The molecule has 0 N–H and O–H groups in total. The summed E-state index contributed by atoms with van der Waals surface area (Å²) in [5.41, 5.74) is 2.27. The molecular formula is C18H23N3O. The van der Waals surface area contributed by atoms with E-state index in [2.05, 4.69) is 9.88 Å². The second-order valence-corrected chi connectivity index (χ2v) is 7.13. The van der Waals surface area contributed by atoms with Crippen molar-refractivity contribution in [3.05, 3.63) is 40.4 Å². The van der Waals surface area contributed by atoms with E-state index in [0.29, 0.717) is 5.41 Å². The van der Waals surface area contributed by atoms with Crippen molar-refractivity contribution in [2.45, 2.75) is 39.2 Å². The molecule has 2 aliphatic rings. The predicted octanol–water partition coefficient (Wildman–Crippen LogP) is 2.58. The Bertz CT molecular complexity index is 755. The van der Waals surface area contributed by atoms with Crippen molar-refractivity contribution in [3.8, 4) is 0 Å². The largest absolute Gasteiger partial charge is 0.303 e. The summed E-state index contributed by atoms with van der Waals surface area (Å²) in [5.74, 6) is 0. The molecule has 1 aromatic carbocycles. The van der Waals surface area contributed by atoms with Crippen LogP contribution in [0, 0.1) is 12.3 Å². The van der Waals surface area contributed by atoms with Crippen LogP contribution in [0.5, 0.6) is 0 Å². The third kappa shape index (κ3) is 2.45. The fourth-order valence-corrected chi connectivity index (χ4v) is 3.80. The lowest BCUT2D eigenvalue weighted by Gasteiger charge is -2.23. The van der Waals surface area contributed by atoms with Gasteiger partial charge in [0.25, 0.3) is 5.56 Å². The Morgan fingerprint density at radius 3 is 2.68 bits per heavy atom. The van der Waals surface area contributed by atoms with E-state index < -0.39 is 0 Å². The summed E-state index contributed by atoms with van der Waals surface area (Å²) >= 11 is 0. The Labute approximate surface area is 130 Å². The van der Waals surface area contributed by atoms with Gasteiger partial charge in [0.1, 0.15) is 0 Å². The number of likely N-dealkylation sites (tertiary alicyclic amines) is 1. The standard InChI is InChI=1S/C18H23N3O/c1-14-5-4-6-15-16(14)17(22)21(13-19-15)12-18(7-8-18)11-20-9-2-3-10-20/h4-6,13H,2-3,7-12H2,1H3. The fraction of sp³-hybridized carbons (Fsp3) is 0.556. The van der Waals surface area contributed by atoms with Gasteiger partial charge in [-0.2, -0.15) is 0 Å². The van der Waals surface area contributed by atoms with Crippen molar-refractivity contribution in [3.63, 3.8) is 0 Å². The molecule has 1 saturated carbocycles. The number of aryl methyl sites for hydroxylation is 1. The van der Waals surface area contributed by atoms with Gasteiger partial charge in [-0.1, -0.05) is 12.1 Å². The maximum Gasteiger partial charge on any atom is 0.261 e. The van der Waals surface area contributed by atoms with Crippen LogP contribution in [0.15, 0.2) is 29.3 Å². The average Bonchev–Trinajstić information content (AvgIpc) is 3.05. The van der Waals surface area contributed by atoms with Crippen LogP contribution in [0.3, 0.4) is 0 Å². The monoisotopic (exact) mass is 297 g/mol. The second kappa shape index (κ2) is 5.20. The highest BCUT2D eigenvalue weighted by Crippen LogP contribution is 2.47. The zero-order valence-corrected chi connectivity index (χ0v) is 13.2. The number of rotatable bonds is 4. The Kier molecular flexibility index (Phi) is 3.30. The van der Waals surface area contributed by atoms with Gasteiger partial charge in [0.15, 0.2) is 0 Å². The van der Waals surface area contributed by atoms with Gasteiger partial charge in [0.2, 0.25) is 0 Å². The first kappa shape index (κ1) is 13.9. The van der Waals surface area contributed by atoms with Crippen molar-refractivity contribution in [1.29, 1.82) is 0 Å². The van der Waals surface area contributed by atoms with E-state index in [1.807, 2.05) is 29.7 Å². The van der Waals surface area contributed by atoms with E-state index in [1.54, 1.807) is 6.33 Å². The molecule has 4 rings (SSSR count). The van der Waals surface area contributed by atoms with Crippen LogP contribution in [0.2, 0.25) is 0 Å². The average molecular weight is 297 g/mol. The van der Waals surface area contributed by atoms with E-state index in [1.165, 1.54) is 38.8 Å². The molecule has 0 unspecified atom stereocenters. The summed E-state index contributed by atoms with van der Waals surface area (Å²) in [6.45, 7) is 6.41. The first-order valence-corrected chi connectivity index (χ1v) is 8.34. The SMILES string of the molecule is Cc1cccc2ncn(CC3(CN4CCCC4)CC3)c(=O)c12. The van der Waals surface area contributed by atoms with Crippen LogP contribution in [-0.4, -0.2) is 34.1 Å². The molecule has 1 aliphatic carbocycles. The zero-order chi connectivity index (χ0) is 15.2. The topological polar surface area (TPSA) is 38.1 Å². The Balaban J connectivity index is 1.63. The van der Waals surface area contributed by atoms with E-state index in [-0.39, 0.29) is 5.56 Å². The van der Waals surface area contributed by atoms with Crippen molar-refractivity contribution in [2.75, 3.05) is 19.6 Å². The molecule has 0 amide bonds. The molecule has 116 valence electrons. The lowest BCUT2D eigenvalue weighted by atomic mass is 10.1. The van der Waals surface area contributed by atoms with Gasteiger partial charge in [-0.05, 0) is 57.3 Å². The van der Waals surface area contributed by atoms with E-state index in [9.17, 15) is 4.79 Å². The third-order valence-corrected chi connectivity index (χ3v) is 5.28. The molecule has 1 aliphatic heterocycles. The normalized spacial score (nSPS) is 20.6. The van der Waals surface area contributed by atoms with Crippen LogP contribution in [0.25, 0.3) is 10.9 Å². The van der Waals surface area contributed by atoms with Gasteiger partial charge < -0.3 is 4.90 Å². The van der Waals surface area contributed by atoms with Gasteiger partial charge >= 0.3 is 0 Å². The van der Waals surface area contributed by atoms with Crippen molar-refractivity contribution in [2.24, 2.45) is 5.41 Å². The predicted molar refractivity (Wildman–Crippen MR) is 88.1 cm³/mol. The molecule has 4 heteroatoms. The minimum atomic E-state index is 0.121. The van der Waals surface area contributed by atoms with Gasteiger partial charge in [-0.15, -0.1) is 0 Å². The maximum absolute atomic E-state index is 12.8. The van der Waals surface area contributed by atoms with E-state index in [0.717, 1.165) is 29.6 Å². The Hall–Kier alpha value is -1.68. The maximum atomic E-state index is 12.8. The summed E-state index contributed by atoms with van der Waals surface area (Å²) in [4.78, 5) is 19.9. The molecule has 0 atom stereocenters. The number of fused-ring (bicyclic) bond motifs is 1. The molecular weight excluding hydrogens is 274 g/mol. The summed E-state index contributed by atoms with van der Waals surface area (Å²) in [7, 11) is 0. The highest BCUT2D eigenvalue weighted by Gasteiger charge is 2.44. The van der Waals surface area contributed by atoms with Crippen LogP contribution in [0.1, 0.15) is 31.2 Å². The van der Waals surface area contributed by atoms with Crippen molar-refractivity contribution < 1.29 is 0 Å². The zero-order valence-electron chi connectivity index (χ0n) is 13.2. The number of hydrogen-bond donors (Lipinski definition) is 0. The lowest BCUT2D eigenvalue weighted by molar-refractivity contribution is 0.242. The van der Waals surface area contributed by atoms with Crippen LogP contribution in [0.4, 0.5) is 0 Å². The first-order valence-electron chi connectivity index (χ1n) is 8.34. The Morgan fingerprint density at radius 1 is 1.18 bits per heavy atom. The molecule has 2 aromatic rings. The number of nitrogens with zero attached hydrogens (tertiary/aromatic N) is 3. The molecule has 0 spiro atoms. The van der Waals surface area contributed by atoms with Crippen LogP contribution < -0.4 is 5.56 Å². The molecule has 1 aromatic heterocycles. The Morgan fingerprint density at radius 2 is 1.95 bits per heavy atom. The summed E-state index contributed by atoms with van der Waals surface area (Å²) < 4.78 is 1.85. The van der Waals surface area contributed by atoms with Crippen molar-refractivity contribution in [1.82, 2.24) is 14.5 Å². The second-order valence-electron chi connectivity index (χ2n) is 7.13. The molecule has 0 bridgehead atoms. The summed E-state index contributed by atoms with van der Waals surface area (Å²) in [5, 5.41) is 0.780. The summed E-state index contributed by atoms with van der Waals surface area (Å²) in [6.07, 6.45) is 6.87. The minimum absolute atomic E-state index is 0.121. The van der Waals surface area contributed by atoms with E-state index >= 15 is 0 Å². The molecule has 0 radical (unpaired) electrons. The van der Waals surface area contributed by atoms with Gasteiger partial charge in [0, 0.05) is 18.5 Å². The molecule has 2 heterocycles.